The van der Waals surface area contributed by atoms with Crippen molar-refractivity contribution in [1.82, 2.24) is 0 Å². The topological polar surface area (TPSA) is 78.8 Å². The van der Waals surface area contributed by atoms with Gasteiger partial charge in [0.25, 0.3) is 0 Å². The molecule has 0 heterocycles. The van der Waals surface area contributed by atoms with Gasteiger partial charge in [0.15, 0.2) is 17.3 Å². The quantitative estimate of drug-likeness (QED) is 0.465. The largest absolute Gasteiger partial charge is 0.504 e. The van der Waals surface area contributed by atoms with E-state index >= 15 is 0 Å². The first-order valence-electron chi connectivity index (χ1n) is 7.74. The Morgan fingerprint density at radius 2 is 1.52 bits per heavy atom. The number of para-hydroxylation sites is 1. The molecule has 0 aliphatic rings. The first kappa shape index (κ1) is 16.4. The van der Waals surface area contributed by atoms with Crippen LogP contribution >= 0.6 is 0 Å². The number of anilines is 1. The first-order chi connectivity index (χ1) is 12.1. The van der Waals surface area contributed by atoms with E-state index < -0.39 is 0 Å². The Morgan fingerprint density at radius 1 is 0.840 bits per heavy atom. The number of Topliss-reactive ketones (excluding diaryl/α,β-unsaturated/α-hetero) is 1. The molecular formula is C20H17NO4. The lowest BCUT2D eigenvalue weighted by Gasteiger charge is -2.09. The summed E-state index contributed by atoms with van der Waals surface area (Å²) in [5, 5.41) is 21.7. The fourth-order valence-electron chi connectivity index (χ4n) is 2.25. The Bertz CT molecular complexity index is 861. The highest BCUT2D eigenvalue weighted by molar-refractivity contribution is 5.99. The van der Waals surface area contributed by atoms with Gasteiger partial charge < -0.3 is 20.3 Å². The highest BCUT2D eigenvalue weighted by Gasteiger charge is 2.09. The van der Waals surface area contributed by atoms with Crippen molar-refractivity contribution in [3.63, 3.8) is 0 Å². The van der Waals surface area contributed by atoms with Crippen LogP contribution in [0, 0.1) is 0 Å². The molecule has 0 spiro atoms. The zero-order chi connectivity index (χ0) is 17.6. The van der Waals surface area contributed by atoms with Gasteiger partial charge in [0.1, 0.15) is 11.5 Å². The van der Waals surface area contributed by atoms with Crippen LogP contribution in [0.2, 0.25) is 0 Å². The minimum Gasteiger partial charge on any atom is -0.504 e. The van der Waals surface area contributed by atoms with E-state index in [0.717, 1.165) is 11.4 Å². The number of aromatic hydroxyl groups is 2. The summed E-state index contributed by atoms with van der Waals surface area (Å²) in [7, 11) is 0. The van der Waals surface area contributed by atoms with Gasteiger partial charge in [-0.05, 0) is 54.6 Å². The third kappa shape index (κ3) is 4.29. The molecular weight excluding hydrogens is 318 g/mol. The van der Waals surface area contributed by atoms with E-state index in [0.29, 0.717) is 11.3 Å². The standard InChI is InChI=1S/C20H17NO4/c22-18-11-6-14(12-19(18)23)20(24)13-21-15-7-9-17(10-8-15)25-16-4-2-1-3-5-16/h1-12,21-23H,13H2. The van der Waals surface area contributed by atoms with Crippen molar-refractivity contribution in [1.29, 1.82) is 0 Å². The molecule has 25 heavy (non-hydrogen) atoms. The van der Waals surface area contributed by atoms with Crippen LogP contribution in [0.4, 0.5) is 5.69 Å². The van der Waals surface area contributed by atoms with Crippen LogP contribution < -0.4 is 10.1 Å². The van der Waals surface area contributed by atoms with Crippen molar-refractivity contribution < 1.29 is 19.7 Å². The van der Waals surface area contributed by atoms with Crippen molar-refractivity contribution in [3.8, 4) is 23.0 Å². The molecule has 0 radical (unpaired) electrons. The van der Waals surface area contributed by atoms with Gasteiger partial charge >= 0.3 is 0 Å². The van der Waals surface area contributed by atoms with Crippen LogP contribution in [0.5, 0.6) is 23.0 Å². The first-order valence-corrected chi connectivity index (χ1v) is 7.74. The number of ketones is 1. The molecule has 0 bridgehead atoms. The zero-order valence-electron chi connectivity index (χ0n) is 13.3. The lowest BCUT2D eigenvalue weighted by Crippen LogP contribution is -2.13. The lowest BCUT2D eigenvalue weighted by atomic mass is 10.1. The van der Waals surface area contributed by atoms with Gasteiger partial charge in [0, 0.05) is 11.3 Å². The van der Waals surface area contributed by atoms with E-state index in [1.54, 1.807) is 0 Å². The number of nitrogens with one attached hydrogen (secondary N) is 1. The number of hydrogen-bond donors (Lipinski definition) is 3. The summed E-state index contributed by atoms with van der Waals surface area (Å²) in [5.41, 5.74) is 1.10. The van der Waals surface area contributed by atoms with Gasteiger partial charge in [-0.1, -0.05) is 18.2 Å². The number of benzene rings is 3. The number of carbonyl (C=O) groups excluding carboxylic acids is 1. The molecule has 5 nitrogen and oxygen atoms in total. The van der Waals surface area contributed by atoms with Gasteiger partial charge in [0.2, 0.25) is 0 Å². The molecule has 3 rings (SSSR count). The lowest BCUT2D eigenvalue weighted by molar-refractivity contribution is 0.101. The highest BCUT2D eigenvalue weighted by Crippen LogP contribution is 2.25. The fourth-order valence-corrected chi connectivity index (χ4v) is 2.25. The molecule has 0 fully saturated rings. The van der Waals surface area contributed by atoms with E-state index in [-0.39, 0.29) is 23.8 Å². The summed E-state index contributed by atoms with van der Waals surface area (Å²) >= 11 is 0. The maximum absolute atomic E-state index is 12.1. The SMILES string of the molecule is O=C(CNc1ccc(Oc2ccccc2)cc1)c1ccc(O)c(O)c1. The zero-order valence-corrected chi connectivity index (χ0v) is 13.3. The van der Waals surface area contributed by atoms with Crippen molar-refractivity contribution in [2.45, 2.75) is 0 Å². The Morgan fingerprint density at radius 3 is 2.20 bits per heavy atom. The van der Waals surface area contributed by atoms with Gasteiger partial charge in [-0.2, -0.15) is 0 Å². The summed E-state index contributed by atoms with van der Waals surface area (Å²) in [5.74, 6) is 0.698. The van der Waals surface area contributed by atoms with Crippen molar-refractivity contribution >= 4 is 11.5 Å². The molecule has 0 aliphatic heterocycles. The molecule has 3 N–H and O–H groups in total. The molecule has 0 unspecified atom stereocenters. The van der Waals surface area contributed by atoms with Crippen molar-refractivity contribution in [2.24, 2.45) is 0 Å². The van der Waals surface area contributed by atoms with Crippen LogP contribution in [-0.2, 0) is 0 Å². The minimum absolute atomic E-state index is 0.0725. The van der Waals surface area contributed by atoms with Crippen LogP contribution in [0.25, 0.3) is 0 Å². The number of hydrogen-bond acceptors (Lipinski definition) is 5. The second-order valence-corrected chi connectivity index (χ2v) is 5.42. The summed E-state index contributed by atoms with van der Waals surface area (Å²) in [6, 6.07) is 20.7. The molecule has 3 aromatic rings. The maximum atomic E-state index is 12.1. The molecule has 0 amide bonds. The molecule has 3 aromatic carbocycles. The van der Waals surface area contributed by atoms with E-state index in [4.69, 9.17) is 4.74 Å². The van der Waals surface area contributed by atoms with Crippen LogP contribution in [0.1, 0.15) is 10.4 Å². The number of rotatable bonds is 6. The van der Waals surface area contributed by atoms with Gasteiger partial charge in [-0.25, -0.2) is 0 Å². The Hall–Kier alpha value is -3.47. The third-order valence-corrected chi connectivity index (χ3v) is 3.58. The highest BCUT2D eigenvalue weighted by atomic mass is 16.5. The maximum Gasteiger partial charge on any atom is 0.181 e. The predicted molar refractivity (Wildman–Crippen MR) is 95.5 cm³/mol. The van der Waals surface area contributed by atoms with E-state index in [9.17, 15) is 15.0 Å². The number of phenolic OH excluding ortho intramolecular Hbond substituents is 2. The predicted octanol–water partition coefficient (Wildman–Crippen LogP) is 4.18. The molecule has 5 heteroatoms. The summed E-state index contributed by atoms with van der Waals surface area (Å²) < 4.78 is 5.71. The smallest absolute Gasteiger partial charge is 0.181 e. The van der Waals surface area contributed by atoms with Crippen molar-refractivity contribution in [3.05, 3.63) is 78.4 Å². The minimum atomic E-state index is -0.312. The molecule has 0 saturated carbocycles. The van der Waals surface area contributed by atoms with Crippen LogP contribution in [0.3, 0.4) is 0 Å². The molecule has 0 atom stereocenters. The molecule has 0 aliphatic carbocycles. The second-order valence-electron chi connectivity index (χ2n) is 5.42. The van der Waals surface area contributed by atoms with E-state index in [2.05, 4.69) is 5.32 Å². The van der Waals surface area contributed by atoms with Crippen molar-refractivity contribution in [2.75, 3.05) is 11.9 Å². The molecule has 0 aromatic heterocycles. The number of phenols is 2. The third-order valence-electron chi connectivity index (χ3n) is 3.58. The fraction of sp³-hybridized carbons (Fsp3) is 0.0500. The normalized spacial score (nSPS) is 10.2. The summed E-state index contributed by atoms with van der Waals surface area (Å²) in [6.07, 6.45) is 0. The molecule has 126 valence electrons. The second kappa shape index (κ2) is 7.40. The molecule has 0 saturated heterocycles. The monoisotopic (exact) mass is 335 g/mol. The average molecular weight is 335 g/mol. The summed E-state index contributed by atoms with van der Waals surface area (Å²) in [4.78, 5) is 12.1. The van der Waals surface area contributed by atoms with Gasteiger partial charge in [0.05, 0.1) is 6.54 Å². The number of ether oxygens (including phenoxy) is 1. The van der Waals surface area contributed by atoms with Gasteiger partial charge in [-0.3, -0.25) is 4.79 Å². The Kier molecular flexibility index (Phi) is 4.85. The summed E-state index contributed by atoms with van der Waals surface area (Å²) in [6.45, 7) is 0.0725. The average Bonchev–Trinajstić information content (AvgIpc) is 2.64. The Labute approximate surface area is 145 Å². The Balaban J connectivity index is 1.58. The number of carbonyl (C=O) groups is 1. The van der Waals surface area contributed by atoms with Gasteiger partial charge in [-0.15, -0.1) is 0 Å². The van der Waals surface area contributed by atoms with E-state index in [1.165, 1.54) is 18.2 Å². The van der Waals surface area contributed by atoms with E-state index in [1.807, 2.05) is 54.6 Å². The van der Waals surface area contributed by atoms with Crippen LogP contribution in [-0.4, -0.2) is 22.5 Å². The van der Waals surface area contributed by atoms with Crippen LogP contribution in [0.15, 0.2) is 72.8 Å².